The third kappa shape index (κ3) is 5.10. The van der Waals surface area contributed by atoms with E-state index < -0.39 is 19.4 Å². The number of carbonyl (C=O) groups is 1. The van der Waals surface area contributed by atoms with Gasteiger partial charge < -0.3 is 10.2 Å². The highest BCUT2D eigenvalue weighted by molar-refractivity contribution is 7.14. The van der Waals surface area contributed by atoms with Crippen LogP contribution in [0.2, 0.25) is 0 Å². The van der Waals surface area contributed by atoms with Gasteiger partial charge in [0.1, 0.15) is 29.2 Å². The number of hydrogen-bond acceptors (Lipinski definition) is 7. The second kappa shape index (κ2) is 9.56. The summed E-state index contributed by atoms with van der Waals surface area (Å²) in [4.78, 5) is 23.0. The largest absolute Gasteiger partial charge is 0.324 e. The Hall–Kier alpha value is -2.79. The topological polar surface area (TPSA) is 95.9 Å². The standard InChI is InChI=1S/C20H23F2N7OS/c1-12-27-28-19(31-12)14-6-13-7-18(24-11-17(13)23-10-14)26-20(30)29-4-2-15(3-5-29)25-16(8-21)9-22/h6-7,10-11,15-16,25H,2-5,8-9H2,1H3,(H,24,26,30). The van der Waals surface area contributed by atoms with Crippen LogP contribution in [0.3, 0.4) is 0 Å². The molecule has 0 spiro atoms. The van der Waals surface area contributed by atoms with Crippen molar-refractivity contribution < 1.29 is 13.6 Å². The van der Waals surface area contributed by atoms with Crippen molar-refractivity contribution in [2.75, 3.05) is 31.8 Å². The summed E-state index contributed by atoms with van der Waals surface area (Å²) in [5, 5.41) is 16.5. The first-order chi connectivity index (χ1) is 15.1. The van der Waals surface area contributed by atoms with Crippen LogP contribution in [-0.4, -0.2) is 69.6 Å². The molecule has 1 aliphatic heterocycles. The molecule has 1 aliphatic rings. The number of aromatic nitrogens is 4. The number of hydrogen-bond donors (Lipinski definition) is 2. The molecule has 0 unspecified atom stereocenters. The summed E-state index contributed by atoms with van der Waals surface area (Å²) in [6.45, 7) is 1.43. The number of rotatable bonds is 6. The van der Waals surface area contributed by atoms with Gasteiger partial charge in [0.25, 0.3) is 0 Å². The number of likely N-dealkylation sites (tertiary alicyclic amines) is 1. The molecule has 164 valence electrons. The first kappa shape index (κ1) is 21.4. The molecule has 0 radical (unpaired) electrons. The number of amides is 2. The van der Waals surface area contributed by atoms with Crippen molar-refractivity contribution in [3.63, 3.8) is 0 Å². The Morgan fingerprint density at radius 1 is 1.19 bits per heavy atom. The van der Waals surface area contributed by atoms with Crippen molar-refractivity contribution in [2.24, 2.45) is 0 Å². The Labute approximate surface area is 182 Å². The zero-order valence-electron chi connectivity index (χ0n) is 17.0. The van der Waals surface area contributed by atoms with E-state index in [-0.39, 0.29) is 12.1 Å². The highest BCUT2D eigenvalue weighted by Crippen LogP contribution is 2.26. The zero-order valence-corrected chi connectivity index (χ0v) is 17.8. The van der Waals surface area contributed by atoms with Crippen LogP contribution in [0.1, 0.15) is 17.8 Å². The summed E-state index contributed by atoms with van der Waals surface area (Å²) >= 11 is 1.49. The highest BCUT2D eigenvalue weighted by atomic mass is 32.1. The van der Waals surface area contributed by atoms with E-state index in [9.17, 15) is 13.6 Å². The lowest BCUT2D eigenvalue weighted by Crippen LogP contribution is -2.49. The molecule has 0 atom stereocenters. The van der Waals surface area contributed by atoms with Gasteiger partial charge in [-0.1, -0.05) is 11.3 Å². The molecule has 2 amide bonds. The lowest BCUT2D eigenvalue weighted by Gasteiger charge is -2.33. The van der Waals surface area contributed by atoms with Gasteiger partial charge in [-0.3, -0.25) is 10.3 Å². The maximum atomic E-state index is 12.7. The van der Waals surface area contributed by atoms with E-state index in [0.29, 0.717) is 37.3 Å². The number of halogens is 2. The molecular weight excluding hydrogens is 424 g/mol. The number of fused-ring (bicyclic) bond motifs is 1. The minimum Gasteiger partial charge on any atom is -0.324 e. The van der Waals surface area contributed by atoms with Gasteiger partial charge >= 0.3 is 6.03 Å². The summed E-state index contributed by atoms with van der Waals surface area (Å²) in [5.74, 6) is 0.431. The van der Waals surface area contributed by atoms with Crippen molar-refractivity contribution in [1.29, 1.82) is 0 Å². The number of urea groups is 1. The van der Waals surface area contributed by atoms with E-state index in [2.05, 4.69) is 30.8 Å². The van der Waals surface area contributed by atoms with Crippen LogP contribution in [-0.2, 0) is 0 Å². The minimum absolute atomic E-state index is 0.00725. The van der Waals surface area contributed by atoms with E-state index in [4.69, 9.17) is 0 Å². The van der Waals surface area contributed by atoms with Crippen molar-refractivity contribution in [3.05, 3.63) is 29.5 Å². The van der Waals surface area contributed by atoms with E-state index >= 15 is 0 Å². The second-order valence-electron chi connectivity index (χ2n) is 7.48. The van der Waals surface area contributed by atoms with E-state index in [1.165, 1.54) is 11.3 Å². The summed E-state index contributed by atoms with van der Waals surface area (Å²) in [6, 6.07) is 2.71. The van der Waals surface area contributed by atoms with Crippen molar-refractivity contribution in [2.45, 2.75) is 31.8 Å². The summed E-state index contributed by atoms with van der Waals surface area (Å²) < 4.78 is 25.4. The normalized spacial score (nSPS) is 15.0. The predicted octanol–water partition coefficient (Wildman–Crippen LogP) is 3.35. The maximum absolute atomic E-state index is 12.7. The fourth-order valence-corrected chi connectivity index (χ4v) is 4.20. The summed E-state index contributed by atoms with van der Waals surface area (Å²) in [6.07, 6.45) is 4.63. The van der Waals surface area contributed by atoms with Gasteiger partial charge in [-0.2, -0.15) is 0 Å². The molecule has 2 N–H and O–H groups in total. The Bertz CT molecular complexity index is 1050. The summed E-state index contributed by atoms with van der Waals surface area (Å²) in [7, 11) is 0. The number of nitrogens with one attached hydrogen (secondary N) is 2. The number of nitrogens with zero attached hydrogens (tertiary/aromatic N) is 5. The molecular formula is C20H23F2N7OS. The minimum atomic E-state index is -0.769. The van der Waals surface area contributed by atoms with Gasteiger partial charge in [0, 0.05) is 36.3 Å². The number of alkyl halides is 2. The molecule has 3 aromatic rings. The quantitative estimate of drug-likeness (QED) is 0.602. The first-order valence-corrected chi connectivity index (χ1v) is 10.9. The Kier molecular flexibility index (Phi) is 6.62. The number of anilines is 1. The van der Waals surface area contributed by atoms with Crippen molar-refractivity contribution in [3.8, 4) is 10.6 Å². The SMILES string of the molecule is Cc1nnc(-c2cnc3cnc(NC(=O)N4CCC(NC(CF)CF)CC4)cc3c2)s1. The van der Waals surface area contributed by atoms with Crippen LogP contribution in [0.4, 0.5) is 19.4 Å². The summed E-state index contributed by atoms with van der Waals surface area (Å²) in [5.41, 5.74) is 1.57. The lowest BCUT2D eigenvalue weighted by molar-refractivity contribution is 0.179. The molecule has 1 saturated heterocycles. The van der Waals surface area contributed by atoms with Crippen LogP contribution < -0.4 is 10.6 Å². The van der Waals surface area contributed by atoms with Crippen LogP contribution in [0.25, 0.3) is 21.5 Å². The fourth-order valence-electron chi connectivity index (χ4n) is 3.53. The predicted molar refractivity (Wildman–Crippen MR) is 116 cm³/mol. The Morgan fingerprint density at radius 3 is 2.65 bits per heavy atom. The van der Waals surface area contributed by atoms with Gasteiger partial charge in [0.2, 0.25) is 0 Å². The van der Waals surface area contributed by atoms with E-state index in [1.807, 2.05) is 13.0 Å². The average molecular weight is 448 g/mol. The van der Waals surface area contributed by atoms with E-state index in [1.54, 1.807) is 23.4 Å². The van der Waals surface area contributed by atoms with Gasteiger partial charge in [-0.05, 0) is 31.9 Å². The molecule has 1 fully saturated rings. The molecule has 0 aromatic carbocycles. The average Bonchev–Trinajstić information content (AvgIpc) is 3.23. The van der Waals surface area contributed by atoms with Gasteiger partial charge in [-0.25, -0.2) is 18.6 Å². The number of carbonyl (C=O) groups excluding carboxylic acids is 1. The smallest absolute Gasteiger partial charge is 0.323 e. The number of aryl methyl sites for hydroxylation is 1. The maximum Gasteiger partial charge on any atom is 0.323 e. The molecule has 0 aliphatic carbocycles. The lowest BCUT2D eigenvalue weighted by atomic mass is 10.0. The molecule has 4 heterocycles. The molecule has 4 rings (SSSR count). The molecule has 0 bridgehead atoms. The van der Waals surface area contributed by atoms with Gasteiger partial charge in [0.15, 0.2) is 0 Å². The monoisotopic (exact) mass is 447 g/mol. The Morgan fingerprint density at radius 2 is 1.97 bits per heavy atom. The van der Waals surface area contributed by atoms with Crippen molar-refractivity contribution >= 4 is 34.1 Å². The third-order valence-corrected chi connectivity index (χ3v) is 6.09. The number of pyridine rings is 2. The number of piperidine rings is 1. The molecule has 31 heavy (non-hydrogen) atoms. The fraction of sp³-hybridized carbons (Fsp3) is 0.450. The molecule has 11 heteroatoms. The van der Waals surface area contributed by atoms with Crippen molar-refractivity contribution in [1.82, 2.24) is 30.4 Å². The molecule has 3 aromatic heterocycles. The third-order valence-electron chi connectivity index (χ3n) is 5.20. The van der Waals surface area contributed by atoms with Crippen LogP contribution in [0.5, 0.6) is 0 Å². The second-order valence-corrected chi connectivity index (χ2v) is 8.66. The van der Waals surface area contributed by atoms with E-state index in [0.717, 1.165) is 21.0 Å². The molecule has 0 saturated carbocycles. The van der Waals surface area contributed by atoms with Crippen LogP contribution in [0, 0.1) is 6.92 Å². The van der Waals surface area contributed by atoms with Gasteiger partial charge in [-0.15, -0.1) is 10.2 Å². The highest BCUT2D eigenvalue weighted by Gasteiger charge is 2.24. The zero-order chi connectivity index (χ0) is 21.8. The van der Waals surface area contributed by atoms with Crippen LogP contribution in [0.15, 0.2) is 24.5 Å². The van der Waals surface area contributed by atoms with Gasteiger partial charge in [0.05, 0.1) is 17.8 Å². The van der Waals surface area contributed by atoms with Crippen LogP contribution >= 0.6 is 11.3 Å². The molecule has 8 nitrogen and oxygen atoms in total. The Balaban J connectivity index is 1.39. The first-order valence-electron chi connectivity index (χ1n) is 10.1.